The van der Waals surface area contributed by atoms with Gasteiger partial charge >= 0.3 is 70.9 Å². The van der Waals surface area contributed by atoms with Crippen LogP contribution >= 0.6 is 0 Å². The molecule has 0 heterocycles. The second-order valence-electron chi connectivity index (χ2n) is 2.36. The van der Waals surface area contributed by atoms with Gasteiger partial charge in [-0.1, -0.05) is 0 Å². The molecule has 0 bridgehead atoms. The summed E-state index contributed by atoms with van der Waals surface area (Å²) in [6, 6.07) is 8.36. The quantitative estimate of drug-likeness (QED) is 0.503. The van der Waals surface area contributed by atoms with Gasteiger partial charge in [0.25, 0.3) is 0 Å². The van der Waals surface area contributed by atoms with E-state index in [1.165, 1.54) is 11.1 Å². The molecule has 1 heteroatoms. The first-order valence-electron chi connectivity index (χ1n) is 3.53. The molecule has 1 aromatic carbocycles. The van der Waals surface area contributed by atoms with Crippen LogP contribution in [0.5, 0.6) is 0 Å². The molecule has 0 aromatic heterocycles. The predicted molar refractivity (Wildman–Crippen MR) is 46.0 cm³/mol. The van der Waals surface area contributed by atoms with Gasteiger partial charge in [0, 0.05) is 0 Å². The summed E-state index contributed by atoms with van der Waals surface area (Å²) < 4.78 is 2.06. The normalized spacial score (nSPS) is 10.7. The average molecular weight is 124 g/mol. The fourth-order valence-corrected chi connectivity index (χ4v) is 0.953. The van der Waals surface area contributed by atoms with E-state index in [1.54, 1.807) is 0 Å². The second kappa shape index (κ2) is 3.66. The summed E-state index contributed by atoms with van der Waals surface area (Å²) in [5, 5.41) is 0. The van der Waals surface area contributed by atoms with E-state index < -0.39 is 0 Å². The fraction of sp³-hybridized carbons (Fsp3) is 0.111. The average Bonchev–Trinajstić information content (AvgIpc) is 1.94. The number of aryl methyl sites for hydroxylation is 1. The zero-order valence-electron chi connectivity index (χ0n) is 6.46. The third-order valence-corrected chi connectivity index (χ3v) is 1.53. The maximum absolute atomic E-state index is 2.12. The molecule has 0 spiro atoms. The third-order valence-electron chi connectivity index (χ3n) is 1.53. The molecule has 0 radical (unpaired) electrons. The van der Waals surface area contributed by atoms with E-state index in [4.69, 9.17) is 0 Å². The van der Waals surface area contributed by atoms with E-state index in [0.717, 1.165) is 0 Å². The molecular weight excluding hydrogens is 115 g/mol. The van der Waals surface area contributed by atoms with Gasteiger partial charge in [0.05, 0.1) is 0 Å². The van der Waals surface area contributed by atoms with Crippen LogP contribution in [0.4, 0.5) is 0 Å². The summed E-state index contributed by atoms with van der Waals surface area (Å²) in [4.78, 5) is 0. The molecule has 0 fully saturated rings. The van der Waals surface area contributed by atoms with Crippen LogP contribution in [0.1, 0.15) is 11.1 Å². The minimum atomic E-state index is 1.31. The Morgan fingerprint density at radius 3 is 2.60 bits per heavy atom. The Morgan fingerprint density at radius 1 is 1.30 bits per heavy atom. The Kier molecular flexibility index (Phi) is 2.80. The molecule has 0 atom stereocenters. The molecule has 0 aliphatic carbocycles. The Balaban J connectivity index is 3.03. The summed E-state index contributed by atoms with van der Waals surface area (Å²) in [6.45, 7) is 2.12. The summed E-state index contributed by atoms with van der Waals surface area (Å²) in [7, 11) is 0. The Hall–Kier alpha value is -0.443. The van der Waals surface area contributed by atoms with Gasteiger partial charge in [-0.25, -0.2) is 0 Å². The van der Waals surface area contributed by atoms with Gasteiger partial charge in [0.15, 0.2) is 0 Å². The number of benzene rings is 1. The first kappa shape index (κ1) is 7.66. The van der Waals surface area contributed by atoms with E-state index in [9.17, 15) is 0 Å². The van der Waals surface area contributed by atoms with Crippen LogP contribution in [-0.2, 0) is 0 Å². The molecule has 0 aliphatic heterocycles. The molecule has 46 valence electrons. The molecule has 0 saturated carbocycles. The Morgan fingerprint density at radius 2 is 2.00 bits per heavy atom. The van der Waals surface area contributed by atoms with Gasteiger partial charge in [-0.15, -0.1) is 0 Å². The summed E-state index contributed by atoms with van der Waals surface area (Å²) in [5.74, 6) is 0. The first-order valence-corrected chi connectivity index (χ1v) is 3.53. The topological polar surface area (TPSA) is 0 Å². The van der Waals surface area contributed by atoms with Crippen molar-refractivity contribution in [3.8, 4) is 0 Å². The zero-order chi connectivity index (χ0) is 7.40. The van der Waals surface area contributed by atoms with Crippen molar-refractivity contribution in [2.45, 2.75) is 6.92 Å². The van der Waals surface area contributed by atoms with Crippen molar-refractivity contribution in [1.82, 2.24) is 0 Å². The van der Waals surface area contributed by atoms with Crippen LogP contribution in [0, 0.1) is 6.92 Å². The zero-order valence-corrected chi connectivity index (χ0v) is 6.46. The van der Waals surface area contributed by atoms with Gasteiger partial charge in [-0.2, -0.15) is 0 Å². The van der Waals surface area contributed by atoms with Crippen LogP contribution in [0.3, 0.4) is 0 Å². The number of hydrogen-bond donors (Lipinski definition) is 0. The SMILES string of the molecule is [Li]/[CH]=C/c1ccccc1C. The molecule has 0 aliphatic rings. The third kappa shape index (κ3) is 1.77. The van der Waals surface area contributed by atoms with Gasteiger partial charge in [-0.3, -0.25) is 0 Å². The van der Waals surface area contributed by atoms with E-state index in [1.807, 2.05) is 17.7 Å². The van der Waals surface area contributed by atoms with Crippen molar-refractivity contribution < 1.29 is 0 Å². The molecular formula is C9H9Li. The molecule has 10 heavy (non-hydrogen) atoms. The van der Waals surface area contributed by atoms with Crippen molar-refractivity contribution in [3.63, 3.8) is 0 Å². The predicted octanol–water partition coefficient (Wildman–Crippen LogP) is 2.13. The molecule has 0 amide bonds. The summed E-state index contributed by atoms with van der Waals surface area (Å²) in [5.41, 5.74) is 2.64. The number of rotatable bonds is 1. The van der Waals surface area contributed by atoms with E-state index in [0.29, 0.717) is 0 Å². The van der Waals surface area contributed by atoms with Crippen LogP contribution in [0.15, 0.2) is 29.0 Å². The van der Waals surface area contributed by atoms with Gasteiger partial charge in [0.1, 0.15) is 0 Å². The standard InChI is InChI=1S/C9H9.Li/c1-3-9-7-5-4-6-8(9)2;/h1,3-7H,2H3;. The van der Waals surface area contributed by atoms with Crippen LogP contribution in [-0.4, -0.2) is 17.7 Å². The van der Waals surface area contributed by atoms with Crippen molar-refractivity contribution >= 4 is 23.8 Å². The van der Waals surface area contributed by atoms with Crippen molar-refractivity contribution in [2.75, 3.05) is 0 Å². The maximum atomic E-state index is 2.12. The van der Waals surface area contributed by atoms with Gasteiger partial charge in [-0.05, 0) is 0 Å². The van der Waals surface area contributed by atoms with Crippen LogP contribution in [0.25, 0.3) is 6.08 Å². The van der Waals surface area contributed by atoms with Crippen molar-refractivity contribution in [2.24, 2.45) is 0 Å². The monoisotopic (exact) mass is 124 g/mol. The molecule has 0 saturated heterocycles. The van der Waals surface area contributed by atoms with Gasteiger partial charge in [0.2, 0.25) is 0 Å². The fourth-order valence-electron chi connectivity index (χ4n) is 0.953. The molecule has 0 unspecified atom stereocenters. The summed E-state index contributed by atoms with van der Waals surface area (Å²) in [6.07, 6.45) is 2.12. The number of hydrogen-bond acceptors (Lipinski definition) is 0. The first-order chi connectivity index (χ1) is 4.84. The van der Waals surface area contributed by atoms with Gasteiger partial charge < -0.3 is 0 Å². The molecule has 0 nitrogen and oxygen atoms in total. The van der Waals surface area contributed by atoms with Crippen molar-refractivity contribution in [3.05, 3.63) is 40.1 Å². The molecule has 0 N–H and O–H groups in total. The Labute approximate surface area is 71.2 Å². The van der Waals surface area contributed by atoms with E-state index in [2.05, 4.69) is 42.0 Å². The Bertz CT molecular complexity index is 238. The second-order valence-corrected chi connectivity index (χ2v) is 2.36. The molecule has 1 aromatic rings. The van der Waals surface area contributed by atoms with E-state index in [-0.39, 0.29) is 0 Å². The van der Waals surface area contributed by atoms with Crippen LogP contribution < -0.4 is 0 Å². The van der Waals surface area contributed by atoms with Crippen molar-refractivity contribution in [1.29, 1.82) is 0 Å². The summed E-state index contributed by atoms with van der Waals surface area (Å²) >= 11 is 2.03. The molecule has 1 rings (SSSR count). The van der Waals surface area contributed by atoms with E-state index >= 15 is 0 Å². The minimum absolute atomic E-state index is 1.31. The van der Waals surface area contributed by atoms with Crippen LogP contribution in [0.2, 0.25) is 0 Å².